The zero-order valence-corrected chi connectivity index (χ0v) is 14.9. The molecule has 2 aromatic rings. The number of nitrogens with one attached hydrogen (secondary N) is 1. The van der Waals surface area contributed by atoms with Crippen molar-refractivity contribution in [1.29, 1.82) is 0 Å². The van der Waals surface area contributed by atoms with Crippen molar-refractivity contribution in [3.63, 3.8) is 0 Å². The molecule has 0 aliphatic rings. The van der Waals surface area contributed by atoms with Crippen molar-refractivity contribution < 1.29 is 9.53 Å². The lowest BCUT2D eigenvalue weighted by molar-refractivity contribution is -0.118. The van der Waals surface area contributed by atoms with Gasteiger partial charge in [-0.2, -0.15) is 0 Å². The highest BCUT2D eigenvalue weighted by molar-refractivity contribution is 7.99. The van der Waals surface area contributed by atoms with E-state index in [2.05, 4.69) is 15.3 Å². The third-order valence-electron chi connectivity index (χ3n) is 3.32. The number of carbonyl (C=O) groups excluding carboxylic acids is 1. The van der Waals surface area contributed by atoms with Gasteiger partial charge < -0.3 is 15.8 Å². The van der Waals surface area contributed by atoms with Gasteiger partial charge >= 0.3 is 0 Å². The minimum Gasteiger partial charge on any atom is -0.380 e. The highest BCUT2D eigenvalue weighted by atomic mass is 32.2. The molecule has 7 heteroatoms. The highest BCUT2D eigenvalue weighted by Gasteiger charge is 2.11. The maximum Gasteiger partial charge on any atom is 0.227 e. The van der Waals surface area contributed by atoms with E-state index in [-0.39, 0.29) is 18.4 Å². The van der Waals surface area contributed by atoms with Gasteiger partial charge in [-0.3, -0.25) is 4.79 Å². The van der Waals surface area contributed by atoms with Crippen LogP contribution in [0.15, 0.2) is 40.4 Å². The second-order valence-corrected chi connectivity index (χ2v) is 6.45. The van der Waals surface area contributed by atoms with Crippen LogP contribution in [0.25, 0.3) is 0 Å². The van der Waals surface area contributed by atoms with E-state index >= 15 is 0 Å². The summed E-state index contributed by atoms with van der Waals surface area (Å²) in [6.07, 6.45) is -0.0264. The van der Waals surface area contributed by atoms with Crippen molar-refractivity contribution in [3.8, 4) is 0 Å². The Bertz CT molecular complexity index is 667. The van der Waals surface area contributed by atoms with Crippen LogP contribution in [-0.2, 0) is 9.53 Å². The Labute approximate surface area is 146 Å². The molecule has 0 radical (unpaired) electrons. The standard InChI is InChI=1S/C17H22N4O2S/c1-11-8-12(2)20-17(19-11)24-15-6-4-13(5-7-15)21-16(22)9-14(10-18)23-3/h4-8,14H,9-10,18H2,1-3H3,(H,21,22). The van der Waals surface area contributed by atoms with Crippen molar-refractivity contribution >= 4 is 23.4 Å². The topological polar surface area (TPSA) is 90.1 Å². The van der Waals surface area contributed by atoms with Crippen molar-refractivity contribution in [2.75, 3.05) is 19.0 Å². The van der Waals surface area contributed by atoms with Crippen LogP contribution in [0, 0.1) is 13.8 Å². The number of aryl methyl sites for hydroxylation is 2. The lowest BCUT2D eigenvalue weighted by atomic mass is 10.2. The molecule has 3 N–H and O–H groups in total. The molecule has 24 heavy (non-hydrogen) atoms. The smallest absolute Gasteiger partial charge is 0.227 e. The number of anilines is 1. The van der Waals surface area contributed by atoms with Crippen LogP contribution in [0.5, 0.6) is 0 Å². The molecule has 1 unspecified atom stereocenters. The molecule has 1 atom stereocenters. The molecular weight excluding hydrogens is 324 g/mol. The quantitative estimate of drug-likeness (QED) is 0.749. The van der Waals surface area contributed by atoms with E-state index in [1.807, 2.05) is 44.2 Å². The molecule has 2 rings (SSSR count). The van der Waals surface area contributed by atoms with Crippen molar-refractivity contribution in [1.82, 2.24) is 9.97 Å². The van der Waals surface area contributed by atoms with E-state index in [9.17, 15) is 4.79 Å². The van der Waals surface area contributed by atoms with Crippen molar-refractivity contribution in [2.24, 2.45) is 5.73 Å². The summed E-state index contributed by atoms with van der Waals surface area (Å²) < 4.78 is 5.11. The first-order valence-electron chi connectivity index (χ1n) is 7.63. The normalized spacial score (nSPS) is 12.0. The summed E-state index contributed by atoms with van der Waals surface area (Å²) >= 11 is 1.49. The molecular formula is C17H22N4O2S. The first-order valence-corrected chi connectivity index (χ1v) is 8.44. The second-order valence-electron chi connectivity index (χ2n) is 5.41. The molecule has 0 spiro atoms. The molecule has 0 aliphatic carbocycles. The number of hydrogen-bond acceptors (Lipinski definition) is 6. The molecule has 128 valence electrons. The Hall–Kier alpha value is -1.96. The zero-order chi connectivity index (χ0) is 17.5. The number of ether oxygens (including phenoxy) is 1. The average molecular weight is 346 g/mol. The first-order chi connectivity index (χ1) is 11.5. The van der Waals surface area contributed by atoms with Crippen LogP contribution < -0.4 is 11.1 Å². The van der Waals surface area contributed by atoms with Gasteiger partial charge in [-0.1, -0.05) is 0 Å². The summed E-state index contributed by atoms with van der Waals surface area (Å²) in [7, 11) is 1.55. The van der Waals surface area contributed by atoms with Gasteiger partial charge in [0.15, 0.2) is 5.16 Å². The van der Waals surface area contributed by atoms with Crippen LogP contribution in [0.3, 0.4) is 0 Å². The van der Waals surface area contributed by atoms with Crippen LogP contribution in [0.2, 0.25) is 0 Å². The SMILES string of the molecule is COC(CN)CC(=O)Nc1ccc(Sc2nc(C)cc(C)n2)cc1. The highest BCUT2D eigenvalue weighted by Crippen LogP contribution is 2.26. The molecule has 0 bridgehead atoms. The summed E-state index contributed by atoms with van der Waals surface area (Å²) in [5.41, 5.74) is 8.15. The molecule has 0 aliphatic heterocycles. The number of carbonyl (C=O) groups is 1. The summed E-state index contributed by atoms with van der Waals surface area (Å²) in [6, 6.07) is 9.51. The van der Waals surface area contributed by atoms with Gasteiger partial charge in [0.25, 0.3) is 0 Å². The first kappa shape index (κ1) is 18.4. The third kappa shape index (κ3) is 5.59. The molecule has 0 saturated carbocycles. The summed E-state index contributed by atoms with van der Waals surface area (Å²) in [6.45, 7) is 4.22. The van der Waals surface area contributed by atoms with E-state index in [0.717, 1.165) is 27.1 Å². The Morgan fingerprint density at radius 2 is 1.88 bits per heavy atom. The number of amides is 1. The Balaban J connectivity index is 1.96. The van der Waals surface area contributed by atoms with Gasteiger partial charge in [-0.05, 0) is 55.9 Å². The number of aromatic nitrogens is 2. The average Bonchev–Trinajstić information content (AvgIpc) is 2.53. The maximum atomic E-state index is 11.9. The van der Waals surface area contributed by atoms with E-state index in [1.54, 1.807) is 7.11 Å². The van der Waals surface area contributed by atoms with E-state index in [4.69, 9.17) is 10.5 Å². The lowest BCUT2D eigenvalue weighted by Crippen LogP contribution is -2.28. The molecule has 1 heterocycles. The van der Waals surface area contributed by atoms with Gasteiger partial charge in [0.1, 0.15) is 0 Å². The maximum absolute atomic E-state index is 11.9. The summed E-state index contributed by atoms with van der Waals surface area (Å²) in [5, 5.41) is 3.55. The second kappa shape index (κ2) is 8.77. The fourth-order valence-corrected chi connectivity index (χ4v) is 2.99. The predicted octanol–water partition coefficient (Wildman–Crippen LogP) is 2.55. The number of methoxy groups -OCH3 is 1. The summed E-state index contributed by atoms with van der Waals surface area (Å²) in [5.74, 6) is -0.120. The monoisotopic (exact) mass is 346 g/mol. The largest absolute Gasteiger partial charge is 0.380 e. The number of rotatable bonds is 7. The van der Waals surface area contributed by atoms with E-state index < -0.39 is 0 Å². The predicted molar refractivity (Wildman–Crippen MR) is 95.2 cm³/mol. The zero-order valence-electron chi connectivity index (χ0n) is 14.1. The molecule has 1 amide bonds. The molecule has 0 fully saturated rings. The number of hydrogen-bond donors (Lipinski definition) is 2. The van der Waals surface area contributed by atoms with Gasteiger partial charge in [0, 0.05) is 35.6 Å². The van der Waals surface area contributed by atoms with Gasteiger partial charge in [-0.25, -0.2) is 9.97 Å². The van der Waals surface area contributed by atoms with Crippen LogP contribution in [-0.4, -0.2) is 35.6 Å². The van der Waals surface area contributed by atoms with Gasteiger partial charge in [0.2, 0.25) is 5.91 Å². The van der Waals surface area contributed by atoms with Gasteiger partial charge in [-0.15, -0.1) is 0 Å². The minimum atomic E-state index is -0.262. The lowest BCUT2D eigenvalue weighted by Gasteiger charge is -2.12. The van der Waals surface area contributed by atoms with Crippen LogP contribution >= 0.6 is 11.8 Å². The van der Waals surface area contributed by atoms with Crippen LogP contribution in [0.1, 0.15) is 17.8 Å². The number of nitrogens with two attached hydrogens (primary N) is 1. The van der Waals surface area contributed by atoms with Crippen molar-refractivity contribution in [2.45, 2.75) is 36.4 Å². The van der Waals surface area contributed by atoms with E-state index in [1.165, 1.54) is 11.8 Å². The molecule has 0 saturated heterocycles. The Morgan fingerprint density at radius 1 is 1.25 bits per heavy atom. The number of benzene rings is 1. The van der Waals surface area contributed by atoms with E-state index in [0.29, 0.717) is 6.54 Å². The van der Waals surface area contributed by atoms with Crippen molar-refractivity contribution in [3.05, 3.63) is 41.7 Å². The Morgan fingerprint density at radius 3 is 2.42 bits per heavy atom. The van der Waals surface area contributed by atoms with Crippen LogP contribution in [0.4, 0.5) is 5.69 Å². The third-order valence-corrected chi connectivity index (χ3v) is 4.19. The minimum absolute atomic E-state index is 0.120. The number of nitrogens with zero attached hydrogens (tertiary/aromatic N) is 2. The Kier molecular flexibility index (Phi) is 6.72. The molecule has 1 aromatic heterocycles. The molecule has 6 nitrogen and oxygen atoms in total. The molecule has 1 aromatic carbocycles. The fourth-order valence-electron chi connectivity index (χ4n) is 2.13. The fraction of sp³-hybridized carbons (Fsp3) is 0.353. The summed E-state index contributed by atoms with van der Waals surface area (Å²) in [4.78, 5) is 21.7. The van der Waals surface area contributed by atoms with Gasteiger partial charge in [0.05, 0.1) is 12.5 Å².